The second-order valence-corrected chi connectivity index (χ2v) is 6.35. The van der Waals surface area contributed by atoms with Crippen molar-refractivity contribution in [2.24, 2.45) is 0 Å². The van der Waals surface area contributed by atoms with Crippen LogP contribution in [0.4, 0.5) is 4.39 Å². The van der Waals surface area contributed by atoms with Gasteiger partial charge in [0, 0.05) is 4.47 Å². The van der Waals surface area contributed by atoms with E-state index in [1.807, 2.05) is 0 Å². The maximum absolute atomic E-state index is 14.3. The molecule has 0 aliphatic carbocycles. The van der Waals surface area contributed by atoms with Gasteiger partial charge >= 0.3 is 0 Å². The van der Waals surface area contributed by atoms with Crippen LogP contribution in [0.2, 0.25) is 10.0 Å². The number of rotatable bonds is 2. The van der Waals surface area contributed by atoms with Crippen LogP contribution in [0.25, 0.3) is 16.7 Å². The molecule has 3 aromatic rings. The number of imidazole rings is 1. The topological polar surface area (TPSA) is 17.8 Å². The molecule has 2 nitrogen and oxygen atoms in total. The predicted molar refractivity (Wildman–Crippen MR) is 88.3 cm³/mol. The Hall–Kier alpha value is -0.810. The molecule has 0 bridgehead atoms. The Morgan fingerprint density at radius 1 is 1.14 bits per heavy atom. The smallest absolute Gasteiger partial charge is 0.148 e. The molecule has 3 rings (SSSR count). The fourth-order valence-electron chi connectivity index (χ4n) is 2.14. The summed E-state index contributed by atoms with van der Waals surface area (Å²) in [6, 6.07) is 8.09. The number of alkyl halides is 1. The number of fused-ring (bicyclic) bond motifs is 1. The highest BCUT2D eigenvalue weighted by molar-refractivity contribution is 9.10. The molecule has 0 aliphatic rings. The molecule has 0 saturated heterocycles. The van der Waals surface area contributed by atoms with E-state index in [0.29, 0.717) is 37.1 Å². The monoisotopic (exact) mass is 406 g/mol. The van der Waals surface area contributed by atoms with Crippen molar-refractivity contribution in [1.29, 1.82) is 0 Å². The summed E-state index contributed by atoms with van der Waals surface area (Å²) in [6.45, 7) is 0. The second kappa shape index (κ2) is 5.76. The molecule has 0 amide bonds. The first-order chi connectivity index (χ1) is 10.0. The molecular weight excluding hydrogens is 401 g/mol. The third kappa shape index (κ3) is 2.66. The fourth-order valence-corrected chi connectivity index (χ4v) is 2.97. The molecule has 1 heterocycles. The summed E-state index contributed by atoms with van der Waals surface area (Å²) in [5, 5.41) is 0.773. The minimum atomic E-state index is -0.388. The molecule has 0 fully saturated rings. The Morgan fingerprint density at radius 3 is 2.52 bits per heavy atom. The zero-order valence-electron chi connectivity index (χ0n) is 10.4. The third-order valence-corrected chi connectivity index (χ3v) is 4.49. The molecule has 108 valence electrons. The van der Waals surface area contributed by atoms with Gasteiger partial charge in [-0.05, 0) is 30.3 Å². The van der Waals surface area contributed by atoms with E-state index in [1.165, 1.54) is 6.07 Å². The van der Waals surface area contributed by atoms with Crippen LogP contribution in [-0.4, -0.2) is 9.55 Å². The van der Waals surface area contributed by atoms with Crippen molar-refractivity contribution in [3.05, 3.63) is 56.5 Å². The van der Waals surface area contributed by atoms with Gasteiger partial charge in [0.25, 0.3) is 0 Å². The summed E-state index contributed by atoms with van der Waals surface area (Å²) in [7, 11) is 0. The van der Waals surface area contributed by atoms with Gasteiger partial charge in [-0.25, -0.2) is 9.37 Å². The number of hydrogen-bond donors (Lipinski definition) is 0. The van der Waals surface area contributed by atoms with Crippen molar-refractivity contribution < 1.29 is 4.39 Å². The Bertz CT molecular complexity index is 848. The average molecular weight is 408 g/mol. The lowest BCUT2D eigenvalue weighted by Gasteiger charge is -2.09. The first kappa shape index (κ1) is 15.1. The Morgan fingerprint density at radius 2 is 1.86 bits per heavy atom. The van der Waals surface area contributed by atoms with Crippen molar-refractivity contribution in [2.75, 3.05) is 0 Å². The molecule has 0 N–H and O–H groups in total. The summed E-state index contributed by atoms with van der Waals surface area (Å²) < 4.78 is 16.6. The highest BCUT2D eigenvalue weighted by Crippen LogP contribution is 2.31. The Kier molecular flexibility index (Phi) is 4.14. The van der Waals surface area contributed by atoms with Gasteiger partial charge in [-0.2, -0.15) is 0 Å². The maximum Gasteiger partial charge on any atom is 0.148 e. The standard InChI is InChI=1S/C14H7BrCl3FN2/c15-7-1-2-12(10(19)3-7)21-13-5-9(18)8(17)4-11(13)20-14(21)6-16/h1-5H,6H2. The van der Waals surface area contributed by atoms with Crippen LogP contribution in [0.3, 0.4) is 0 Å². The molecular formula is C14H7BrCl3FN2. The third-order valence-electron chi connectivity index (χ3n) is 3.04. The highest BCUT2D eigenvalue weighted by Gasteiger charge is 2.16. The van der Waals surface area contributed by atoms with E-state index >= 15 is 0 Å². The molecule has 0 unspecified atom stereocenters. The van der Waals surface area contributed by atoms with Crippen LogP contribution in [-0.2, 0) is 5.88 Å². The number of nitrogens with zero attached hydrogens (tertiary/aromatic N) is 2. The minimum Gasteiger partial charge on any atom is -0.292 e. The van der Waals surface area contributed by atoms with Gasteiger partial charge in [0.2, 0.25) is 0 Å². The summed E-state index contributed by atoms with van der Waals surface area (Å²) >= 11 is 21.2. The number of benzene rings is 2. The van der Waals surface area contributed by atoms with E-state index in [2.05, 4.69) is 20.9 Å². The van der Waals surface area contributed by atoms with Gasteiger partial charge in [-0.3, -0.25) is 4.57 Å². The lowest BCUT2D eigenvalue weighted by Crippen LogP contribution is -2.02. The summed E-state index contributed by atoms with van der Waals surface area (Å²) in [4.78, 5) is 4.38. The zero-order chi connectivity index (χ0) is 15.1. The van der Waals surface area contributed by atoms with Gasteiger partial charge in [0.05, 0.1) is 32.6 Å². The molecule has 0 atom stereocenters. The Balaban J connectivity index is 2.37. The molecule has 2 aromatic carbocycles. The normalized spacial score (nSPS) is 11.3. The molecule has 21 heavy (non-hydrogen) atoms. The molecule has 0 spiro atoms. The highest BCUT2D eigenvalue weighted by atomic mass is 79.9. The fraction of sp³-hybridized carbons (Fsp3) is 0.0714. The summed E-state index contributed by atoms with van der Waals surface area (Å²) in [6.07, 6.45) is 0. The Labute approximate surface area is 143 Å². The van der Waals surface area contributed by atoms with E-state index < -0.39 is 0 Å². The number of halogens is 5. The van der Waals surface area contributed by atoms with Crippen molar-refractivity contribution in [1.82, 2.24) is 9.55 Å². The van der Waals surface area contributed by atoms with Gasteiger partial charge in [0.15, 0.2) is 0 Å². The maximum atomic E-state index is 14.3. The molecule has 1 aromatic heterocycles. The van der Waals surface area contributed by atoms with E-state index in [1.54, 1.807) is 28.8 Å². The van der Waals surface area contributed by atoms with Crippen LogP contribution < -0.4 is 0 Å². The van der Waals surface area contributed by atoms with Gasteiger partial charge in [0.1, 0.15) is 11.6 Å². The van der Waals surface area contributed by atoms with Gasteiger partial charge in [-0.1, -0.05) is 39.1 Å². The predicted octanol–water partition coefficient (Wildman–Crippen LogP) is 5.97. The second-order valence-electron chi connectivity index (χ2n) is 4.35. The first-order valence-corrected chi connectivity index (χ1v) is 7.97. The lowest BCUT2D eigenvalue weighted by atomic mass is 10.2. The number of hydrogen-bond acceptors (Lipinski definition) is 1. The quantitative estimate of drug-likeness (QED) is 0.478. The van der Waals surface area contributed by atoms with Crippen LogP contribution in [0.15, 0.2) is 34.8 Å². The van der Waals surface area contributed by atoms with Crippen molar-refractivity contribution in [2.45, 2.75) is 5.88 Å². The van der Waals surface area contributed by atoms with E-state index in [-0.39, 0.29) is 11.7 Å². The minimum absolute atomic E-state index is 0.138. The van der Waals surface area contributed by atoms with Crippen molar-refractivity contribution in [3.63, 3.8) is 0 Å². The molecule has 0 aliphatic heterocycles. The SMILES string of the molecule is Fc1cc(Br)ccc1-n1c(CCl)nc2cc(Cl)c(Cl)cc21. The lowest BCUT2D eigenvalue weighted by molar-refractivity contribution is 0.617. The van der Waals surface area contributed by atoms with Crippen molar-refractivity contribution >= 4 is 61.8 Å². The molecule has 7 heteroatoms. The zero-order valence-corrected chi connectivity index (χ0v) is 14.2. The largest absolute Gasteiger partial charge is 0.292 e. The number of aromatic nitrogens is 2. The van der Waals surface area contributed by atoms with Crippen LogP contribution in [0.5, 0.6) is 0 Å². The van der Waals surface area contributed by atoms with Crippen LogP contribution >= 0.6 is 50.7 Å². The summed E-state index contributed by atoms with van der Waals surface area (Å²) in [5.74, 6) is 0.270. The molecule has 0 saturated carbocycles. The van der Waals surface area contributed by atoms with Crippen LogP contribution in [0, 0.1) is 5.82 Å². The van der Waals surface area contributed by atoms with E-state index in [0.717, 1.165) is 0 Å². The first-order valence-electron chi connectivity index (χ1n) is 5.89. The summed E-state index contributed by atoms with van der Waals surface area (Å²) in [5.41, 5.74) is 1.62. The van der Waals surface area contributed by atoms with Crippen LogP contribution in [0.1, 0.15) is 5.82 Å². The van der Waals surface area contributed by atoms with E-state index in [4.69, 9.17) is 34.8 Å². The average Bonchev–Trinajstić information content (AvgIpc) is 2.77. The van der Waals surface area contributed by atoms with Gasteiger partial charge in [-0.15, -0.1) is 11.6 Å². The van der Waals surface area contributed by atoms with E-state index in [9.17, 15) is 4.39 Å². The molecule has 0 radical (unpaired) electrons. The van der Waals surface area contributed by atoms with Crippen molar-refractivity contribution in [3.8, 4) is 5.69 Å². The van der Waals surface area contributed by atoms with Gasteiger partial charge < -0.3 is 0 Å².